The number of anilines is 1. The zero-order valence-electron chi connectivity index (χ0n) is 17.3. The standard InChI is InChI=1S/C21H24N4O4S2/c1-3-29-18-11-9-16(10-12-18)7-5-13-22-31(27,28)21-25-24-20(30-21)23-19(26)17-8-4-6-15(2)14-17/h4,6,8-12,14,22H,3,5,7,13H2,1-2H3,(H,23,24,26). The first kappa shape index (κ1) is 22.9. The van der Waals surface area contributed by atoms with E-state index < -0.39 is 10.0 Å². The molecule has 31 heavy (non-hydrogen) atoms. The first-order valence-electron chi connectivity index (χ1n) is 9.80. The maximum absolute atomic E-state index is 12.4. The number of nitrogens with zero attached hydrogens (tertiary/aromatic N) is 2. The summed E-state index contributed by atoms with van der Waals surface area (Å²) in [4.78, 5) is 12.3. The lowest BCUT2D eigenvalue weighted by atomic mass is 10.1. The molecule has 3 aromatic rings. The van der Waals surface area contributed by atoms with Crippen molar-refractivity contribution in [3.63, 3.8) is 0 Å². The highest BCUT2D eigenvalue weighted by atomic mass is 32.2. The van der Waals surface area contributed by atoms with Crippen LogP contribution >= 0.6 is 11.3 Å². The molecular formula is C21H24N4O4S2. The van der Waals surface area contributed by atoms with E-state index in [1.165, 1.54) is 0 Å². The molecule has 0 fully saturated rings. The molecule has 0 aliphatic carbocycles. The normalized spacial score (nSPS) is 11.3. The average Bonchev–Trinajstić information content (AvgIpc) is 3.22. The Labute approximate surface area is 185 Å². The Morgan fingerprint density at radius 1 is 1.13 bits per heavy atom. The number of benzene rings is 2. The number of aromatic nitrogens is 2. The molecular weight excluding hydrogens is 436 g/mol. The molecule has 0 spiro atoms. The van der Waals surface area contributed by atoms with Crippen molar-refractivity contribution in [2.75, 3.05) is 18.5 Å². The van der Waals surface area contributed by atoms with Crippen LogP contribution in [0.25, 0.3) is 0 Å². The van der Waals surface area contributed by atoms with Crippen LogP contribution in [-0.4, -0.2) is 37.7 Å². The van der Waals surface area contributed by atoms with Crippen molar-refractivity contribution < 1.29 is 17.9 Å². The van der Waals surface area contributed by atoms with E-state index in [2.05, 4.69) is 20.2 Å². The van der Waals surface area contributed by atoms with Gasteiger partial charge in [-0.25, -0.2) is 13.1 Å². The lowest BCUT2D eigenvalue weighted by Crippen LogP contribution is -2.25. The fourth-order valence-corrected chi connectivity index (χ4v) is 4.81. The van der Waals surface area contributed by atoms with Gasteiger partial charge in [0, 0.05) is 12.1 Å². The molecule has 10 heteroatoms. The summed E-state index contributed by atoms with van der Waals surface area (Å²) in [6.07, 6.45) is 1.35. The Morgan fingerprint density at radius 3 is 2.61 bits per heavy atom. The predicted octanol–water partition coefficient (Wildman–Crippen LogP) is 3.41. The molecule has 0 radical (unpaired) electrons. The first-order chi connectivity index (χ1) is 14.9. The largest absolute Gasteiger partial charge is 0.494 e. The van der Waals surface area contributed by atoms with Crippen molar-refractivity contribution in [2.24, 2.45) is 0 Å². The average molecular weight is 461 g/mol. The number of sulfonamides is 1. The SMILES string of the molecule is CCOc1ccc(CCCNS(=O)(=O)c2nnc(NC(=O)c3cccc(C)c3)s2)cc1. The van der Waals surface area contributed by atoms with Crippen LogP contribution < -0.4 is 14.8 Å². The second-order valence-electron chi connectivity index (χ2n) is 6.78. The van der Waals surface area contributed by atoms with Crippen LogP contribution in [0.15, 0.2) is 52.9 Å². The van der Waals surface area contributed by atoms with Gasteiger partial charge in [0.15, 0.2) is 0 Å². The first-order valence-corrected chi connectivity index (χ1v) is 12.1. The van der Waals surface area contributed by atoms with Gasteiger partial charge in [-0.3, -0.25) is 10.1 Å². The summed E-state index contributed by atoms with van der Waals surface area (Å²) in [5.74, 6) is 0.445. The number of ether oxygens (including phenoxy) is 1. The van der Waals surface area contributed by atoms with Crippen molar-refractivity contribution in [1.29, 1.82) is 0 Å². The topological polar surface area (TPSA) is 110 Å². The highest BCUT2D eigenvalue weighted by Gasteiger charge is 2.20. The second-order valence-corrected chi connectivity index (χ2v) is 9.69. The van der Waals surface area contributed by atoms with E-state index in [9.17, 15) is 13.2 Å². The third-order valence-corrected chi connectivity index (χ3v) is 6.97. The minimum atomic E-state index is -3.79. The Bertz CT molecular complexity index is 1130. The van der Waals surface area contributed by atoms with Gasteiger partial charge in [-0.1, -0.05) is 41.2 Å². The van der Waals surface area contributed by atoms with E-state index in [-0.39, 0.29) is 21.9 Å². The van der Waals surface area contributed by atoms with Gasteiger partial charge in [0.1, 0.15) is 5.75 Å². The van der Waals surface area contributed by atoms with Gasteiger partial charge >= 0.3 is 0 Å². The molecule has 3 rings (SSSR count). The summed E-state index contributed by atoms with van der Waals surface area (Å²) in [7, 11) is -3.79. The number of hydrogen-bond donors (Lipinski definition) is 2. The van der Waals surface area contributed by atoms with Crippen LogP contribution in [0.4, 0.5) is 5.13 Å². The number of rotatable bonds is 10. The fourth-order valence-electron chi connectivity index (χ4n) is 2.80. The lowest BCUT2D eigenvalue weighted by Gasteiger charge is -2.06. The summed E-state index contributed by atoms with van der Waals surface area (Å²) in [5.41, 5.74) is 2.51. The van der Waals surface area contributed by atoms with E-state index >= 15 is 0 Å². The molecule has 0 atom stereocenters. The van der Waals surface area contributed by atoms with Crippen LogP contribution in [0.1, 0.15) is 34.8 Å². The molecule has 2 N–H and O–H groups in total. The number of aryl methyl sites for hydroxylation is 2. The molecule has 0 aliphatic heterocycles. The second kappa shape index (κ2) is 10.5. The fraction of sp³-hybridized carbons (Fsp3) is 0.286. The molecule has 8 nitrogen and oxygen atoms in total. The number of nitrogens with one attached hydrogen (secondary N) is 2. The molecule has 1 heterocycles. The van der Waals surface area contributed by atoms with E-state index in [4.69, 9.17) is 4.74 Å². The molecule has 0 bridgehead atoms. The molecule has 0 saturated heterocycles. The molecule has 1 amide bonds. The van der Waals surface area contributed by atoms with Crippen molar-refractivity contribution >= 4 is 32.4 Å². The summed E-state index contributed by atoms with van der Waals surface area (Å²) in [6.45, 7) is 4.69. The lowest BCUT2D eigenvalue weighted by molar-refractivity contribution is 0.102. The maximum Gasteiger partial charge on any atom is 0.269 e. The van der Waals surface area contributed by atoms with Gasteiger partial charge in [-0.2, -0.15) is 0 Å². The zero-order chi connectivity index (χ0) is 22.3. The smallest absolute Gasteiger partial charge is 0.269 e. The van der Waals surface area contributed by atoms with Crippen molar-refractivity contribution in [3.05, 3.63) is 65.2 Å². The van der Waals surface area contributed by atoms with E-state index in [1.54, 1.807) is 18.2 Å². The van der Waals surface area contributed by atoms with Crippen LogP contribution in [0.3, 0.4) is 0 Å². The number of carbonyl (C=O) groups is 1. The van der Waals surface area contributed by atoms with Gasteiger partial charge in [0.05, 0.1) is 6.61 Å². The molecule has 164 valence electrons. The predicted molar refractivity (Wildman–Crippen MR) is 120 cm³/mol. The van der Waals surface area contributed by atoms with Gasteiger partial charge in [0.2, 0.25) is 9.47 Å². The van der Waals surface area contributed by atoms with Crippen LogP contribution in [0.2, 0.25) is 0 Å². The molecule has 0 saturated carbocycles. The molecule has 0 aliphatic rings. The summed E-state index contributed by atoms with van der Waals surface area (Å²) < 4.78 is 32.6. The summed E-state index contributed by atoms with van der Waals surface area (Å²) in [5, 5.41) is 10.2. The van der Waals surface area contributed by atoms with Crippen LogP contribution in [0, 0.1) is 6.92 Å². The van der Waals surface area contributed by atoms with Gasteiger partial charge < -0.3 is 4.74 Å². The van der Waals surface area contributed by atoms with Gasteiger partial charge in [-0.15, -0.1) is 10.2 Å². The van der Waals surface area contributed by atoms with Crippen molar-refractivity contribution in [2.45, 2.75) is 31.0 Å². The number of hydrogen-bond acceptors (Lipinski definition) is 7. The monoisotopic (exact) mass is 460 g/mol. The highest BCUT2D eigenvalue weighted by molar-refractivity contribution is 7.91. The van der Waals surface area contributed by atoms with Crippen molar-refractivity contribution in [1.82, 2.24) is 14.9 Å². The molecule has 1 aromatic heterocycles. The van der Waals surface area contributed by atoms with Crippen LogP contribution in [0.5, 0.6) is 5.75 Å². The Kier molecular flexibility index (Phi) is 7.72. The Morgan fingerprint density at radius 2 is 1.90 bits per heavy atom. The zero-order valence-corrected chi connectivity index (χ0v) is 18.9. The Hall–Kier alpha value is -2.82. The van der Waals surface area contributed by atoms with E-state index in [0.717, 1.165) is 34.6 Å². The molecule has 2 aromatic carbocycles. The van der Waals surface area contributed by atoms with E-state index in [1.807, 2.05) is 44.2 Å². The number of amides is 1. The summed E-state index contributed by atoms with van der Waals surface area (Å²) >= 11 is 0.809. The minimum Gasteiger partial charge on any atom is -0.494 e. The quantitative estimate of drug-likeness (QED) is 0.354. The third-order valence-electron chi connectivity index (χ3n) is 4.31. The Balaban J connectivity index is 1.50. The van der Waals surface area contributed by atoms with E-state index in [0.29, 0.717) is 18.6 Å². The van der Waals surface area contributed by atoms with Crippen molar-refractivity contribution in [3.8, 4) is 5.75 Å². The highest BCUT2D eigenvalue weighted by Crippen LogP contribution is 2.21. The maximum atomic E-state index is 12.4. The molecule has 0 unspecified atom stereocenters. The van der Waals surface area contributed by atoms with Gasteiger partial charge in [0.25, 0.3) is 15.9 Å². The summed E-state index contributed by atoms with van der Waals surface area (Å²) in [6, 6.07) is 14.8. The van der Waals surface area contributed by atoms with Gasteiger partial charge in [-0.05, 0) is 56.5 Å². The minimum absolute atomic E-state index is 0.126. The third kappa shape index (κ3) is 6.58. The van der Waals surface area contributed by atoms with Crippen LogP contribution in [-0.2, 0) is 16.4 Å². The number of carbonyl (C=O) groups excluding carboxylic acids is 1.